The van der Waals surface area contributed by atoms with Crippen LogP contribution in [0.2, 0.25) is 0 Å². The molecule has 0 radical (unpaired) electrons. The first-order valence-corrected chi connectivity index (χ1v) is 15.2. The quantitative estimate of drug-likeness (QED) is 0.247. The number of nitrogens with zero attached hydrogens (tertiary/aromatic N) is 1. The van der Waals surface area contributed by atoms with Gasteiger partial charge >= 0.3 is 6.09 Å². The second kappa shape index (κ2) is 14.9. The van der Waals surface area contributed by atoms with Gasteiger partial charge in [-0.25, -0.2) is 4.79 Å². The van der Waals surface area contributed by atoms with Crippen molar-refractivity contribution in [2.75, 3.05) is 5.32 Å². The number of amides is 3. The highest BCUT2D eigenvalue weighted by atomic mass is 16.6. The van der Waals surface area contributed by atoms with E-state index in [2.05, 4.69) is 17.6 Å². The summed E-state index contributed by atoms with van der Waals surface area (Å²) in [5.74, 6) is -0.670. The SMILES string of the molecule is CCc1ccc(C(C(=O)Nc2c(C)cccc2C)N(C(=O)C(Cc2ccccc2)NC(=O)OC(C)(C)C)C(C)CC)cc1. The van der Waals surface area contributed by atoms with Crippen molar-refractivity contribution in [1.29, 1.82) is 0 Å². The molecule has 3 atom stereocenters. The molecule has 3 aromatic rings. The topological polar surface area (TPSA) is 87.7 Å². The van der Waals surface area contributed by atoms with Gasteiger partial charge in [-0.05, 0) is 82.2 Å². The lowest BCUT2D eigenvalue weighted by Crippen LogP contribution is -2.55. The first-order chi connectivity index (χ1) is 20.3. The second-order valence-corrected chi connectivity index (χ2v) is 12.1. The average molecular weight is 586 g/mol. The van der Waals surface area contributed by atoms with Gasteiger partial charge in [0.15, 0.2) is 0 Å². The van der Waals surface area contributed by atoms with Crippen LogP contribution in [0.4, 0.5) is 10.5 Å². The Morgan fingerprint density at radius 1 is 0.837 bits per heavy atom. The predicted molar refractivity (Wildman–Crippen MR) is 173 cm³/mol. The van der Waals surface area contributed by atoms with E-state index in [1.165, 1.54) is 0 Å². The highest BCUT2D eigenvalue weighted by Crippen LogP contribution is 2.30. The van der Waals surface area contributed by atoms with Gasteiger partial charge in [-0.3, -0.25) is 9.59 Å². The van der Waals surface area contributed by atoms with E-state index < -0.39 is 23.8 Å². The standard InChI is InChI=1S/C36H47N3O4/c1-9-26(5)39(34(41)30(23-28-17-12-11-13-18-28)37-35(42)43-36(6,7)8)32(29-21-19-27(10-2)20-22-29)33(40)38-31-24(3)15-14-16-25(31)4/h11-22,26,30,32H,9-10,23H2,1-8H3,(H,37,42)(H,38,40). The Hall–Kier alpha value is -4.13. The molecule has 0 saturated carbocycles. The van der Waals surface area contributed by atoms with Crippen LogP contribution in [0, 0.1) is 13.8 Å². The highest BCUT2D eigenvalue weighted by Gasteiger charge is 2.39. The fraction of sp³-hybridized carbons (Fsp3) is 0.417. The van der Waals surface area contributed by atoms with Crippen molar-refractivity contribution in [3.8, 4) is 0 Å². The molecule has 3 unspecified atom stereocenters. The fourth-order valence-corrected chi connectivity index (χ4v) is 5.05. The third kappa shape index (κ3) is 9.18. The maximum atomic E-state index is 14.7. The zero-order valence-corrected chi connectivity index (χ0v) is 26.9. The summed E-state index contributed by atoms with van der Waals surface area (Å²) in [6, 6.07) is 21.0. The van der Waals surface area contributed by atoms with Gasteiger partial charge in [-0.1, -0.05) is 86.6 Å². The zero-order chi connectivity index (χ0) is 31.7. The molecule has 0 fully saturated rings. The van der Waals surface area contributed by atoms with Crippen LogP contribution in [0.3, 0.4) is 0 Å². The highest BCUT2D eigenvalue weighted by molar-refractivity contribution is 6.00. The van der Waals surface area contributed by atoms with Gasteiger partial charge in [-0.15, -0.1) is 0 Å². The third-order valence-corrected chi connectivity index (χ3v) is 7.55. The van der Waals surface area contributed by atoms with E-state index in [4.69, 9.17) is 4.74 Å². The molecule has 0 aliphatic rings. The van der Waals surface area contributed by atoms with E-state index in [0.29, 0.717) is 12.0 Å². The Bertz CT molecular complexity index is 1360. The number of nitrogens with one attached hydrogen (secondary N) is 2. The summed E-state index contributed by atoms with van der Waals surface area (Å²) in [5.41, 5.74) is 4.57. The molecule has 7 heteroatoms. The van der Waals surface area contributed by atoms with Crippen LogP contribution in [0.1, 0.15) is 81.8 Å². The van der Waals surface area contributed by atoms with E-state index in [9.17, 15) is 14.4 Å². The Morgan fingerprint density at radius 3 is 1.98 bits per heavy atom. The summed E-state index contributed by atoms with van der Waals surface area (Å²) in [4.78, 5) is 43.6. The second-order valence-electron chi connectivity index (χ2n) is 12.1. The lowest BCUT2D eigenvalue weighted by Gasteiger charge is -2.38. The maximum absolute atomic E-state index is 14.7. The van der Waals surface area contributed by atoms with E-state index >= 15 is 0 Å². The van der Waals surface area contributed by atoms with Gasteiger partial charge in [0.2, 0.25) is 5.91 Å². The number of hydrogen-bond donors (Lipinski definition) is 2. The monoisotopic (exact) mass is 585 g/mol. The molecule has 0 aliphatic carbocycles. The fourth-order valence-electron chi connectivity index (χ4n) is 5.05. The van der Waals surface area contributed by atoms with E-state index in [-0.39, 0.29) is 24.3 Å². The Labute approximate surface area is 257 Å². The van der Waals surface area contributed by atoms with Crippen molar-refractivity contribution < 1.29 is 19.1 Å². The number of alkyl carbamates (subject to hydrolysis) is 1. The number of aryl methyl sites for hydroxylation is 3. The van der Waals surface area contributed by atoms with Crippen molar-refractivity contribution in [2.24, 2.45) is 0 Å². The average Bonchev–Trinajstić information content (AvgIpc) is 2.96. The van der Waals surface area contributed by atoms with Crippen LogP contribution in [0.5, 0.6) is 0 Å². The Morgan fingerprint density at radius 2 is 1.44 bits per heavy atom. The molecule has 230 valence electrons. The summed E-state index contributed by atoms with van der Waals surface area (Å²) >= 11 is 0. The van der Waals surface area contributed by atoms with E-state index in [0.717, 1.165) is 34.4 Å². The molecule has 3 rings (SSSR count). The molecule has 3 aromatic carbocycles. The van der Waals surface area contributed by atoms with Gasteiger partial charge < -0.3 is 20.3 Å². The van der Waals surface area contributed by atoms with Crippen molar-refractivity contribution in [3.05, 3.63) is 101 Å². The Balaban J connectivity index is 2.12. The largest absolute Gasteiger partial charge is 0.444 e. The van der Waals surface area contributed by atoms with Crippen molar-refractivity contribution in [3.63, 3.8) is 0 Å². The summed E-state index contributed by atoms with van der Waals surface area (Å²) in [5, 5.41) is 5.96. The molecule has 2 N–H and O–H groups in total. The van der Waals surface area contributed by atoms with Gasteiger partial charge in [0.05, 0.1) is 0 Å². The number of carbonyl (C=O) groups is 3. The Kier molecular flexibility index (Phi) is 11.5. The molecule has 3 amide bonds. The lowest BCUT2D eigenvalue weighted by atomic mass is 9.96. The summed E-state index contributed by atoms with van der Waals surface area (Å²) < 4.78 is 5.55. The normalized spacial score (nSPS) is 13.4. The van der Waals surface area contributed by atoms with Gasteiger partial charge in [0.25, 0.3) is 5.91 Å². The van der Waals surface area contributed by atoms with Gasteiger partial charge in [-0.2, -0.15) is 0 Å². The number of anilines is 1. The van der Waals surface area contributed by atoms with Gasteiger partial charge in [0, 0.05) is 18.2 Å². The van der Waals surface area contributed by atoms with E-state index in [1.54, 1.807) is 25.7 Å². The number of carbonyl (C=O) groups excluding carboxylic acids is 3. The molecule has 0 saturated heterocycles. The number of rotatable bonds is 11. The summed E-state index contributed by atoms with van der Waals surface area (Å²) in [7, 11) is 0. The van der Waals surface area contributed by atoms with Crippen LogP contribution in [-0.2, 0) is 27.2 Å². The molecule has 0 aromatic heterocycles. The van der Waals surface area contributed by atoms with Crippen molar-refractivity contribution in [2.45, 2.75) is 98.4 Å². The van der Waals surface area contributed by atoms with Crippen LogP contribution in [-0.4, -0.2) is 40.5 Å². The number of ether oxygens (including phenoxy) is 1. The molecule has 0 spiro atoms. The molecule has 0 aliphatic heterocycles. The van der Waals surface area contributed by atoms with E-state index in [1.807, 2.05) is 100 Å². The van der Waals surface area contributed by atoms with Gasteiger partial charge in [0.1, 0.15) is 17.7 Å². The van der Waals surface area contributed by atoms with Crippen LogP contribution in [0.25, 0.3) is 0 Å². The molecular weight excluding hydrogens is 538 g/mol. The molecule has 0 bridgehead atoms. The molecular formula is C36H47N3O4. The summed E-state index contributed by atoms with van der Waals surface area (Å²) in [6.07, 6.45) is 1.02. The van der Waals surface area contributed by atoms with Crippen LogP contribution in [0.15, 0.2) is 72.8 Å². The molecule has 0 heterocycles. The third-order valence-electron chi connectivity index (χ3n) is 7.55. The van der Waals surface area contributed by atoms with Crippen molar-refractivity contribution >= 4 is 23.6 Å². The smallest absolute Gasteiger partial charge is 0.408 e. The predicted octanol–water partition coefficient (Wildman–Crippen LogP) is 7.31. The lowest BCUT2D eigenvalue weighted by molar-refractivity contribution is -0.143. The number of hydrogen-bond acceptors (Lipinski definition) is 4. The first-order valence-electron chi connectivity index (χ1n) is 15.2. The van der Waals surface area contributed by atoms with Crippen molar-refractivity contribution in [1.82, 2.24) is 10.2 Å². The number of para-hydroxylation sites is 1. The summed E-state index contributed by atoms with van der Waals surface area (Å²) in [6.45, 7) is 15.2. The molecule has 7 nitrogen and oxygen atoms in total. The maximum Gasteiger partial charge on any atom is 0.408 e. The zero-order valence-electron chi connectivity index (χ0n) is 26.9. The van der Waals surface area contributed by atoms with Crippen LogP contribution < -0.4 is 10.6 Å². The molecule has 43 heavy (non-hydrogen) atoms. The first kappa shape index (κ1) is 33.4. The van der Waals surface area contributed by atoms with Crippen LogP contribution >= 0.6 is 0 Å². The minimum atomic E-state index is -0.961. The minimum Gasteiger partial charge on any atom is -0.444 e. The number of benzene rings is 3. The minimum absolute atomic E-state index is 0.242.